The predicted octanol–water partition coefficient (Wildman–Crippen LogP) is 7.31. The van der Waals surface area contributed by atoms with Crippen LogP contribution in [0, 0.1) is 0 Å². The van der Waals surface area contributed by atoms with E-state index in [-0.39, 0.29) is 15.5 Å². The van der Waals surface area contributed by atoms with Crippen LogP contribution in [0.25, 0.3) is 32.7 Å². The van der Waals surface area contributed by atoms with Gasteiger partial charge >= 0.3 is 7.82 Å². The molecule has 0 saturated heterocycles. The largest absolute Gasteiger partial charge is 0.705 e. The van der Waals surface area contributed by atoms with E-state index in [1.54, 1.807) is 54.6 Å². The van der Waals surface area contributed by atoms with Crippen LogP contribution >= 0.6 is 42.6 Å². The van der Waals surface area contributed by atoms with E-state index >= 15 is 0 Å². The van der Waals surface area contributed by atoms with Crippen molar-refractivity contribution in [1.82, 2.24) is 14.2 Å². The third-order valence-electron chi connectivity index (χ3n) is 5.42. The second-order valence-electron chi connectivity index (χ2n) is 7.65. The monoisotopic (exact) mass is 545 g/mol. The average Bonchev–Trinajstić information content (AvgIpc) is 3.45. The highest BCUT2D eigenvalue weighted by molar-refractivity contribution is 7.49. The van der Waals surface area contributed by atoms with Crippen molar-refractivity contribution in [3.05, 3.63) is 106 Å². The molecule has 11 heteroatoms. The minimum atomic E-state index is -4.54. The number of halogens is 3. The Morgan fingerprint density at radius 2 is 0.800 bits per heavy atom. The smallest absolute Gasteiger partial charge is 0.289 e. The van der Waals surface area contributed by atoms with Gasteiger partial charge in [-0.2, -0.15) is 18.8 Å². The van der Waals surface area contributed by atoms with Crippen LogP contribution in [-0.4, -0.2) is 14.2 Å². The maximum atomic E-state index is 14.3. The Kier molecular flexibility index (Phi) is 5.38. The van der Waals surface area contributed by atoms with E-state index in [4.69, 9.17) is 48.7 Å². The Balaban J connectivity index is 1.50. The van der Waals surface area contributed by atoms with E-state index in [2.05, 4.69) is 0 Å². The molecule has 0 spiro atoms. The molecular formula is C24H15Cl3N3O4P. The summed E-state index contributed by atoms with van der Waals surface area (Å²) >= 11 is 19.3. The number of fused-ring (bicyclic) bond motifs is 3. The molecule has 7 nitrogen and oxygen atoms in total. The second kappa shape index (κ2) is 8.47. The molecule has 0 atom stereocenters. The fourth-order valence-corrected chi connectivity index (χ4v) is 5.97. The van der Waals surface area contributed by atoms with Gasteiger partial charge in [-0.3, -0.25) is 13.9 Å². The van der Waals surface area contributed by atoms with Crippen LogP contribution in [0.15, 0.2) is 91.0 Å². The van der Waals surface area contributed by atoms with Gasteiger partial charge in [-0.25, -0.2) is 0 Å². The Morgan fingerprint density at radius 1 is 0.514 bits per heavy atom. The molecule has 6 rings (SSSR count). The number of para-hydroxylation sites is 3. The lowest BCUT2D eigenvalue weighted by Crippen LogP contribution is -2.25. The summed E-state index contributed by atoms with van der Waals surface area (Å²) < 4.78 is 35.5. The standard InChI is InChI=1S/C24H15Cl3N3O4P/c25-22-13-16-7-1-4-10-19(16)28(22)32-35(31,33-29-20-11-5-2-8-17(20)14-23(29)26)34-30-21-12-6-3-9-18(21)15-24(30)27/h1-15H. The molecule has 0 radical (unpaired) electrons. The molecular weight excluding hydrogens is 532 g/mol. The van der Waals surface area contributed by atoms with Gasteiger partial charge in [0, 0.05) is 16.2 Å². The zero-order chi connectivity index (χ0) is 24.2. The van der Waals surface area contributed by atoms with Gasteiger partial charge < -0.3 is 0 Å². The molecule has 0 saturated carbocycles. The minimum absolute atomic E-state index is 0.172. The third-order valence-corrected chi connectivity index (χ3v) is 7.30. The van der Waals surface area contributed by atoms with Gasteiger partial charge in [-0.15, -0.1) is 0 Å². The number of rotatable bonds is 6. The lowest BCUT2D eigenvalue weighted by atomic mass is 10.3. The van der Waals surface area contributed by atoms with Crippen molar-refractivity contribution in [2.24, 2.45) is 0 Å². The van der Waals surface area contributed by atoms with Gasteiger partial charge in [0.2, 0.25) is 0 Å². The van der Waals surface area contributed by atoms with Crippen molar-refractivity contribution in [3.8, 4) is 0 Å². The summed E-state index contributed by atoms with van der Waals surface area (Å²) in [5.74, 6) is 0. The first-order valence-corrected chi connectivity index (χ1v) is 13.0. The molecule has 3 aromatic heterocycles. The van der Waals surface area contributed by atoms with E-state index in [0.717, 1.165) is 16.2 Å². The Morgan fingerprint density at radius 3 is 1.11 bits per heavy atom. The highest BCUT2D eigenvalue weighted by Crippen LogP contribution is 2.44. The van der Waals surface area contributed by atoms with Gasteiger partial charge in [0.15, 0.2) is 0 Å². The van der Waals surface area contributed by atoms with Crippen LogP contribution in [0.1, 0.15) is 0 Å². The predicted molar refractivity (Wildman–Crippen MR) is 138 cm³/mol. The van der Waals surface area contributed by atoms with E-state index < -0.39 is 7.82 Å². The summed E-state index contributed by atoms with van der Waals surface area (Å²) in [5, 5.41) is 2.84. The topological polar surface area (TPSA) is 59.6 Å². The van der Waals surface area contributed by atoms with E-state index in [1.165, 1.54) is 14.2 Å². The number of nitrogens with zero attached hydrogens (tertiary/aromatic N) is 3. The fraction of sp³-hybridized carbons (Fsp3) is 0. The van der Waals surface area contributed by atoms with E-state index in [1.807, 2.05) is 36.4 Å². The molecule has 3 heterocycles. The maximum absolute atomic E-state index is 14.3. The van der Waals surface area contributed by atoms with Crippen LogP contribution in [0.3, 0.4) is 0 Å². The SMILES string of the molecule is O=P(On1c(Cl)cc2ccccc21)(On1c(Cl)cc2ccccc21)On1c(Cl)cc2ccccc21. The van der Waals surface area contributed by atoms with Crippen LogP contribution in [0.2, 0.25) is 15.5 Å². The quantitative estimate of drug-likeness (QED) is 0.206. The van der Waals surface area contributed by atoms with Crippen molar-refractivity contribution < 1.29 is 18.4 Å². The van der Waals surface area contributed by atoms with Gasteiger partial charge in [-0.05, 0) is 36.4 Å². The molecule has 0 aliphatic heterocycles. The molecule has 6 aromatic rings. The average molecular weight is 547 g/mol. The number of aromatic nitrogens is 3. The molecule has 0 aliphatic carbocycles. The highest BCUT2D eigenvalue weighted by atomic mass is 35.5. The normalized spacial score (nSPS) is 12.0. The molecule has 0 fully saturated rings. The molecule has 3 aromatic carbocycles. The number of phosphoric acid groups is 1. The highest BCUT2D eigenvalue weighted by Gasteiger charge is 2.39. The minimum Gasteiger partial charge on any atom is -0.289 e. The van der Waals surface area contributed by atoms with Gasteiger partial charge in [-0.1, -0.05) is 89.4 Å². The maximum Gasteiger partial charge on any atom is 0.705 e. The number of hydrogen-bond acceptors (Lipinski definition) is 4. The Labute approximate surface area is 214 Å². The van der Waals surface area contributed by atoms with Crippen molar-refractivity contribution in [1.29, 1.82) is 0 Å². The summed E-state index contributed by atoms with van der Waals surface area (Å²) in [6, 6.07) is 26.8. The second-order valence-corrected chi connectivity index (χ2v) is 10.2. The third kappa shape index (κ3) is 3.91. The van der Waals surface area contributed by atoms with E-state index in [9.17, 15) is 4.57 Å². The van der Waals surface area contributed by atoms with Crippen molar-refractivity contribution in [3.63, 3.8) is 0 Å². The first-order chi connectivity index (χ1) is 16.9. The molecule has 0 aliphatic rings. The summed E-state index contributed by atoms with van der Waals surface area (Å²) in [6.45, 7) is 0. The summed E-state index contributed by atoms with van der Waals surface area (Å²) in [7, 11) is -4.54. The van der Waals surface area contributed by atoms with E-state index in [0.29, 0.717) is 16.6 Å². The summed E-state index contributed by atoms with van der Waals surface area (Å²) in [4.78, 5) is 0. The van der Waals surface area contributed by atoms with Crippen molar-refractivity contribution in [2.45, 2.75) is 0 Å². The van der Waals surface area contributed by atoms with Gasteiger partial charge in [0.05, 0.1) is 16.6 Å². The number of hydrogen-bond donors (Lipinski definition) is 0. The Bertz CT molecular complexity index is 1570. The lowest BCUT2D eigenvalue weighted by Gasteiger charge is -2.21. The molecule has 0 bridgehead atoms. The molecule has 0 unspecified atom stereocenters. The number of benzene rings is 3. The summed E-state index contributed by atoms with van der Waals surface area (Å²) in [6.07, 6.45) is 0. The first kappa shape index (κ1) is 22.3. The molecule has 0 amide bonds. The van der Waals surface area contributed by atoms with Crippen LogP contribution in [-0.2, 0) is 4.57 Å². The summed E-state index contributed by atoms with van der Waals surface area (Å²) in [5.41, 5.74) is 1.70. The Hall–Kier alpha value is -3.22. The zero-order valence-corrected chi connectivity index (χ0v) is 20.9. The van der Waals surface area contributed by atoms with Gasteiger partial charge in [0.1, 0.15) is 15.5 Å². The lowest BCUT2D eigenvalue weighted by molar-refractivity contribution is 0.0994. The van der Waals surface area contributed by atoms with Crippen molar-refractivity contribution in [2.75, 3.05) is 0 Å². The fourth-order valence-electron chi connectivity index (χ4n) is 3.88. The first-order valence-electron chi connectivity index (χ1n) is 10.4. The van der Waals surface area contributed by atoms with Crippen LogP contribution < -0.4 is 13.9 Å². The van der Waals surface area contributed by atoms with Crippen LogP contribution in [0.4, 0.5) is 0 Å². The molecule has 176 valence electrons. The molecule has 35 heavy (non-hydrogen) atoms. The van der Waals surface area contributed by atoms with Crippen molar-refractivity contribution >= 4 is 75.3 Å². The molecule has 0 N–H and O–H groups in total. The zero-order valence-electron chi connectivity index (χ0n) is 17.7. The van der Waals surface area contributed by atoms with Gasteiger partial charge in [0.25, 0.3) is 0 Å². The van der Waals surface area contributed by atoms with Crippen LogP contribution in [0.5, 0.6) is 0 Å².